The largest absolute Gasteiger partial charge is 0.464 e. The third-order valence-corrected chi connectivity index (χ3v) is 8.10. The number of carbonyl (C=O) groups is 1. The Morgan fingerprint density at radius 2 is 1.75 bits per heavy atom. The number of furan rings is 1. The van der Waals surface area contributed by atoms with Crippen LogP contribution in [0.4, 0.5) is 0 Å². The lowest BCUT2D eigenvalue weighted by molar-refractivity contribution is -0.131. The second kappa shape index (κ2) is 8.63. The first-order valence-corrected chi connectivity index (χ1v) is 13.4. The van der Waals surface area contributed by atoms with Gasteiger partial charge in [-0.1, -0.05) is 46.3 Å². The lowest BCUT2D eigenvalue weighted by Crippen LogP contribution is -2.30. The smallest absolute Gasteiger partial charge is 0.225 e. The summed E-state index contributed by atoms with van der Waals surface area (Å²) in [7, 11) is 0. The number of amides is 1. The molecule has 1 aliphatic heterocycles. The van der Waals surface area contributed by atoms with Gasteiger partial charge in [0.2, 0.25) is 5.91 Å². The van der Waals surface area contributed by atoms with Crippen LogP contribution in [0.15, 0.2) is 81.9 Å². The zero-order valence-electron chi connectivity index (χ0n) is 19.9. The van der Waals surface area contributed by atoms with Crippen molar-refractivity contribution in [1.82, 2.24) is 14.5 Å². The van der Waals surface area contributed by atoms with E-state index >= 15 is 0 Å². The van der Waals surface area contributed by atoms with E-state index in [9.17, 15) is 4.79 Å². The second-order valence-electron chi connectivity index (χ2n) is 10.1. The minimum atomic E-state index is 0.289. The minimum Gasteiger partial charge on any atom is -0.464 e. The van der Waals surface area contributed by atoms with Crippen molar-refractivity contribution in [3.05, 3.63) is 77.5 Å². The summed E-state index contributed by atoms with van der Waals surface area (Å²) in [5, 5.41) is 1.11. The van der Waals surface area contributed by atoms with Gasteiger partial charge in [0.05, 0.1) is 17.3 Å². The molecule has 1 unspecified atom stereocenters. The molecule has 0 spiro atoms. The van der Waals surface area contributed by atoms with E-state index in [2.05, 4.69) is 73.9 Å². The summed E-state index contributed by atoms with van der Waals surface area (Å²) < 4.78 is 8.88. The Morgan fingerprint density at radius 1 is 0.944 bits per heavy atom. The molecule has 1 atom stereocenters. The number of nitrogens with zero attached hydrogens (tertiary/aromatic N) is 3. The van der Waals surface area contributed by atoms with Crippen LogP contribution in [-0.4, -0.2) is 33.4 Å². The van der Waals surface area contributed by atoms with Gasteiger partial charge in [0, 0.05) is 41.0 Å². The normalized spacial score (nSPS) is 17.9. The zero-order valence-corrected chi connectivity index (χ0v) is 21.4. The van der Waals surface area contributed by atoms with Gasteiger partial charge in [-0.3, -0.25) is 4.79 Å². The molecule has 1 aliphatic carbocycles. The fourth-order valence-corrected chi connectivity index (χ4v) is 5.84. The Labute approximate surface area is 217 Å². The molecule has 0 bridgehead atoms. The molecule has 6 heteroatoms. The molecule has 0 radical (unpaired) electrons. The first-order valence-electron chi connectivity index (χ1n) is 12.6. The molecule has 36 heavy (non-hydrogen) atoms. The summed E-state index contributed by atoms with van der Waals surface area (Å²) in [6, 6.07) is 23.2. The van der Waals surface area contributed by atoms with Gasteiger partial charge in [-0.25, -0.2) is 4.98 Å². The summed E-state index contributed by atoms with van der Waals surface area (Å²) >= 11 is 3.65. The molecular weight excluding hydrogens is 514 g/mol. The lowest BCUT2D eigenvalue weighted by atomic mass is 10.0. The fraction of sp³-hybridized carbons (Fsp3) is 0.267. The molecule has 3 aromatic carbocycles. The Hall–Kier alpha value is -3.38. The van der Waals surface area contributed by atoms with Crippen molar-refractivity contribution in [2.45, 2.75) is 25.8 Å². The predicted molar refractivity (Wildman–Crippen MR) is 145 cm³/mol. The van der Waals surface area contributed by atoms with E-state index in [-0.39, 0.29) is 5.92 Å². The predicted octanol–water partition coefficient (Wildman–Crippen LogP) is 7.14. The van der Waals surface area contributed by atoms with Crippen molar-refractivity contribution in [2.75, 3.05) is 13.1 Å². The molecule has 7 rings (SSSR count). The maximum atomic E-state index is 12.6. The van der Waals surface area contributed by atoms with Gasteiger partial charge < -0.3 is 13.9 Å². The standard InChI is InChI=1S/C30H26BrN3O2/c31-25-8-9-26-27(16-25)34(18-19-11-13-33(17-19)30(35)22-5-6-22)29(32-26)21-3-1-20(2-4-21)23-7-10-28-24(15-23)12-14-36-28/h1-4,7-10,12,14-16,19,22H,5-6,11,13,17-18H2. The van der Waals surface area contributed by atoms with Gasteiger partial charge in [-0.2, -0.15) is 0 Å². The number of hydrogen-bond acceptors (Lipinski definition) is 3. The second-order valence-corrected chi connectivity index (χ2v) is 11.1. The Kier molecular flexibility index (Phi) is 5.24. The molecule has 0 N–H and O–H groups in total. The molecule has 3 heterocycles. The van der Waals surface area contributed by atoms with Gasteiger partial charge in [-0.15, -0.1) is 0 Å². The Bertz CT molecular complexity index is 1600. The zero-order chi connectivity index (χ0) is 24.2. The van der Waals surface area contributed by atoms with Crippen molar-refractivity contribution < 1.29 is 9.21 Å². The Morgan fingerprint density at radius 3 is 2.58 bits per heavy atom. The van der Waals surface area contributed by atoms with E-state index < -0.39 is 0 Å². The van der Waals surface area contributed by atoms with Crippen molar-refractivity contribution in [2.24, 2.45) is 11.8 Å². The number of imidazole rings is 1. The Balaban J connectivity index is 1.21. The lowest BCUT2D eigenvalue weighted by Gasteiger charge is -2.18. The molecule has 5 nitrogen and oxygen atoms in total. The van der Waals surface area contributed by atoms with E-state index in [4.69, 9.17) is 9.40 Å². The number of likely N-dealkylation sites (tertiary alicyclic amines) is 1. The van der Waals surface area contributed by atoms with Crippen LogP contribution in [0.5, 0.6) is 0 Å². The van der Waals surface area contributed by atoms with E-state index in [0.29, 0.717) is 11.8 Å². The molecule has 1 amide bonds. The number of hydrogen-bond donors (Lipinski definition) is 0. The fourth-order valence-electron chi connectivity index (χ4n) is 5.49. The van der Waals surface area contributed by atoms with Gasteiger partial charge in [-0.05, 0) is 72.7 Å². The third kappa shape index (κ3) is 3.94. The van der Waals surface area contributed by atoms with Crippen LogP contribution in [0, 0.1) is 11.8 Å². The quantitative estimate of drug-likeness (QED) is 0.238. The van der Waals surface area contributed by atoms with Gasteiger partial charge in [0.15, 0.2) is 0 Å². The average Bonchev–Trinajstić information content (AvgIpc) is 3.30. The maximum absolute atomic E-state index is 12.6. The summed E-state index contributed by atoms with van der Waals surface area (Å²) in [5.74, 6) is 2.06. The number of aromatic nitrogens is 2. The van der Waals surface area contributed by atoms with Gasteiger partial charge in [0.25, 0.3) is 0 Å². The molecule has 1 saturated carbocycles. The number of rotatable bonds is 5. The van der Waals surface area contributed by atoms with E-state index in [1.54, 1.807) is 6.26 Å². The highest BCUT2D eigenvalue weighted by atomic mass is 79.9. The monoisotopic (exact) mass is 539 g/mol. The van der Waals surface area contributed by atoms with Crippen molar-refractivity contribution >= 4 is 43.8 Å². The molecule has 180 valence electrons. The topological polar surface area (TPSA) is 51.3 Å². The molecular formula is C30H26BrN3O2. The van der Waals surface area contributed by atoms with Crippen molar-refractivity contribution in [3.63, 3.8) is 0 Å². The summed E-state index contributed by atoms with van der Waals surface area (Å²) in [4.78, 5) is 19.7. The van der Waals surface area contributed by atoms with E-state index in [1.807, 2.05) is 18.2 Å². The van der Waals surface area contributed by atoms with Crippen molar-refractivity contribution in [3.8, 4) is 22.5 Å². The van der Waals surface area contributed by atoms with Crippen LogP contribution in [0.2, 0.25) is 0 Å². The van der Waals surface area contributed by atoms with Gasteiger partial charge >= 0.3 is 0 Å². The highest BCUT2D eigenvalue weighted by Crippen LogP contribution is 2.35. The van der Waals surface area contributed by atoms with E-state index in [1.165, 1.54) is 5.56 Å². The third-order valence-electron chi connectivity index (χ3n) is 7.60. The highest BCUT2D eigenvalue weighted by molar-refractivity contribution is 9.10. The first-order chi connectivity index (χ1) is 17.6. The number of benzene rings is 3. The SMILES string of the molecule is O=C(C1CC1)N1CCC(Cn2c(-c3ccc(-c4ccc5occc5c4)cc3)nc3ccc(Br)cc32)C1. The molecule has 2 aliphatic rings. The summed E-state index contributed by atoms with van der Waals surface area (Å²) in [6.07, 6.45) is 4.90. The van der Waals surface area contributed by atoms with Crippen LogP contribution in [-0.2, 0) is 11.3 Å². The summed E-state index contributed by atoms with van der Waals surface area (Å²) in [5.41, 5.74) is 6.45. The van der Waals surface area contributed by atoms with E-state index in [0.717, 1.165) is 82.3 Å². The van der Waals surface area contributed by atoms with Crippen LogP contribution in [0.1, 0.15) is 19.3 Å². The maximum Gasteiger partial charge on any atom is 0.225 e. The number of carbonyl (C=O) groups excluding carboxylic acids is 1. The molecule has 1 saturated heterocycles. The van der Waals surface area contributed by atoms with Crippen LogP contribution in [0.25, 0.3) is 44.5 Å². The molecule has 5 aromatic rings. The van der Waals surface area contributed by atoms with Crippen molar-refractivity contribution in [1.29, 1.82) is 0 Å². The van der Waals surface area contributed by atoms with Crippen LogP contribution < -0.4 is 0 Å². The average molecular weight is 540 g/mol. The summed E-state index contributed by atoms with van der Waals surface area (Å²) in [6.45, 7) is 2.58. The highest BCUT2D eigenvalue weighted by Gasteiger charge is 2.36. The van der Waals surface area contributed by atoms with Crippen LogP contribution >= 0.6 is 15.9 Å². The first kappa shape index (κ1) is 21.9. The van der Waals surface area contributed by atoms with Crippen LogP contribution in [0.3, 0.4) is 0 Å². The number of halogens is 1. The minimum absolute atomic E-state index is 0.289. The molecule has 2 fully saturated rings. The number of fused-ring (bicyclic) bond motifs is 2. The van der Waals surface area contributed by atoms with Gasteiger partial charge in [0.1, 0.15) is 11.4 Å². The molecule has 2 aromatic heterocycles.